The number of benzene rings is 1. The Morgan fingerprint density at radius 2 is 2.06 bits per heavy atom. The van der Waals surface area contributed by atoms with Crippen molar-refractivity contribution in [3.8, 4) is 11.4 Å². The van der Waals surface area contributed by atoms with Gasteiger partial charge in [-0.2, -0.15) is 10.2 Å². The highest BCUT2D eigenvalue weighted by Crippen LogP contribution is 2.20. The van der Waals surface area contributed by atoms with E-state index in [1.807, 2.05) is 47.8 Å². The molecule has 4 rings (SSSR count). The first-order valence-electron chi connectivity index (χ1n) is 11.3. The van der Waals surface area contributed by atoms with Crippen LogP contribution in [-0.4, -0.2) is 45.0 Å². The van der Waals surface area contributed by atoms with Gasteiger partial charge in [0, 0.05) is 37.1 Å². The van der Waals surface area contributed by atoms with Crippen molar-refractivity contribution in [3.05, 3.63) is 79.3 Å². The highest BCUT2D eigenvalue weighted by atomic mass is 16.2. The Bertz CT molecular complexity index is 1230. The first-order valence-corrected chi connectivity index (χ1v) is 11.3. The molecule has 3 aromatic rings. The van der Waals surface area contributed by atoms with Crippen molar-refractivity contribution in [1.29, 1.82) is 5.53 Å². The van der Waals surface area contributed by atoms with Crippen molar-refractivity contribution in [2.45, 2.75) is 12.8 Å². The second kappa shape index (κ2) is 11.1. The monoisotopic (exact) mass is 471 g/mol. The lowest BCUT2D eigenvalue weighted by Crippen LogP contribution is -2.71. The Kier molecular flexibility index (Phi) is 7.53. The summed E-state index contributed by atoms with van der Waals surface area (Å²) in [4.78, 5) is 30.8. The van der Waals surface area contributed by atoms with Crippen LogP contribution in [0.5, 0.6) is 0 Å². The van der Waals surface area contributed by atoms with Gasteiger partial charge in [0.05, 0.1) is 23.0 Å². The number of rotatable bonds is 8. The third-order valence-corrected chi connectivity index (χ3v) is 5.80. The van der Waals surface area contributed by atoms with Gasteiger partial charge in [-0.25, -0.2) is 10.5 Å². The molecule has 0 radical (unpaired) electrons. The van der Waals surface area contributed by atoms with Crippen LogP contribution in [0.25, 0.3) is 17.1 Å². The van der Waals surface area contributed by atoms with Gasteiger partial charge < -0.3 is 10.2 Å². The van der Waals surface area contributed by atoms with Crippen LogP contribution in [0.15, 0.2) is 78.7 Å². The summed E-state index contributed by atoms with van der Waals surface area (Å²) in [5.74, 6) is -0.479. The lowest BCUT2D eigenvalue weighted by molar-refractivity contribution is -0.495. The molecule has 1 fully saturated rings. The van der Waals surface area contributed by atoms with Crippen LogP contribution in [-0.2, 0) is 9.59 Å². The third-order valence-electron chi connectivity index (χ3n) is 5.80. The Morgan fingerprint density at radius 3 is 2.77 bits per heavy atom. The van der Waals surface area contributed by atoms with Gasteiger partial charge in [-0.3, -0.25) is 20.0 Å². The van der Waals surface area contributed by atoms with Gasteiger partial charge >= 0.3 is 0 Å². The number of nitrogens with two attached hydrogens (primary N) is 1. The van der Waals surface area contributed by atoms with E-state index in [4.69, 9.17) is 5.53 Å². The minimum absolute atomic E-state index is 0.0956. The number of nitrogens with zero attached hydrogens (tertiary/aromatic N) is 4. The number of amides is 2. The Labute approximate surface area is 202 Å². The number of carbonyl (C=O) groups is 2. The minimum atomic E-state index is -0.243. The average molecular weight is 472 g/mol. The smallest absolute Gasteiger partial charge is 0.245 e. The predicted molar refractivity (Wildman–Crippen MR) is 131 cm³/mol. The maximum atomic E-state index is 12.7. The number of hydrogen-bond acceptors (Lipinski definition) is 6. The van der Waals surface area contributed by atoms with Crippen LogP contribution in [0, 0.1) is 11.4 Å². The van der Waals surface area contributed by atoms with Crippen molar-refractivity contribution >= 4 is 28.9 Å². The van der Waals surface area contributed by atoms with Crippen LogP contribution < -0.4 is 10.6 Å². The van der Waals surface area contributed by atoms with Crippen molar-refractivity contribution in [2.24, 2.45) is 11.0 Å². The lowest BCUT2D eigenvalue weighted by atomic mass is 9.97. The summed E-state index contributed by atoms with van der Waals surface area (Å²) >= 11 is 0. The summed E-state index contributed by atoms with van der Waals surface area (Å²) in [5, 5.41) is 15.2. The Morgan fingerprint density at radius 1 is 1.23 bits per heavy atom. The van der Waals surface area contributed by atoms with Gasteiger partial charge in [-0.05, 0) is 49.2 Å². The second-order valence-corrected chi connectivity index (χ2v) is 8.15. The highest BCUT2D eigenvalue weighted by Gasteiger charge is 2.27. The molecule has 35 heavy (non-hydrogen) atoms. The van der Waals surface area contributed by atoms with Crippen molar-refractivity contribution in [2.75, 3.05) is 18.4 Å². The fourth-order valence-corrected chi connectivity index (χ4v) is 3.92. The molecule has 0 aliphatic carbocycles. The maximum absolute atomic E-state index is 12.7. The number of piperidine rings is 1. The maximum Gasteiger partial charge on any atom is 0.245 e. The second-order valence-electron chi connectivity index (χ2n) is 8.15. The number of anilines is 1. The standard InChI is InChI=1S/C25H26N8O2/c1-2-24(34)33-14-4-5-17(16-33)25(35)29-19-10-8-18(9-11-19)27-15-23(31-26)21-7-3-6-20(30-21)22-12-13-28-32-22/h2-3,6-13,15,17,26-27H,1,4-5,14,16H2,(H,28,32)(H,29,35)/p+1/b23-15-,31-26?/t17-/m0/s1. The molecule has 5 N–H and O–H groups in total. The zero-order valence-corrected chi connectivity index (χ0v) is 19.1. The first kappa shape index (κ1) is 23.7. The van der Waals surface area contributed by atoms with Gasteiger partial charge in [-0.1, -0.05) is 12.6 Å². The van der Waals surface area contributed by atoms with Gasteiger partial charge in [-0.15, -0.1) is 0 Å². The van der Waals surface area contributed by atoms with Crippen LogP contribution in [0.2, 0.25) is 0 Å². The molecule has 10 heteroatoms. The molecule has 10 nitrogen and oxygen atoms in total. The van der Waals surface area contributed by atoms with E-state index in [1.54, 1.807) is 23.4 Å². The molecule has 0 unspecified atom stereocenters. The lowest BCUT2D eigenvalue weighted by Gasteiger charge is -2.31. The number of H-pyrrole nitrogens is 1. The molecule has 1 saturated heterocycles. The number of hydrogen-bond donors (Lipinski definition) is 4. The van der Waals surface area contributed by atoms with Crippen LogP contribution in [0.1, 0.15) is 18.5 Å². The summed E-state index contributed by atoms with van der Waals surface area (Å²) in [6, 6.07) is 14.7. The first-order chi connectivity index (χ1) is 17.1. The Balaban J connectivity index is 1.38. The van der Waals surface area contributed by atoms with E-state index >= 15 is 0 Å². The third kappa shape index (κ3) is 5.92. The van der Waals surface area contributed by atoms with Gasteiger partial charge in [0.1, 0.15) is 11.9 Å². The molecule has 1 aliphatic rings. The summed E-state index contributed by atoms with van der Waals surface area (Å²) in [5.41, 5.74) is 11.6. The topological polar surface area (TPSA) is 144 Å². The van der Waals surface area contributed by atoms with E-state index in [9.17, 15) is 9.59 Å². The van der Waals surface area contributed by atoms with Crippen LogP contribution in [0.3, 0.4) is 0 Å². The number of aromatic amines is 1. The molecule has 2 aromatic heterocycles. The highest BCUT2D eigenvalue weighted by molar-refractivity contribution is 5.94. The summed E-state index contributed by atoms with van der Waals surface area (Å²) in [7, 11) is 0. The molecular formula is C25H27N8O2+. The largest absolute Gasteiger partial charge is 0.338 e. The van der Waals surface area contributed by atoms with Crippen LogP contribution >= 0.6 is 0 Å². The van der Waals surface area contributed by atoms with E-state index in [0.717, 1.165) is 24.2 Å². The summed E-state index contributed by atoms with van der Waals surface area (Å²) < 4.78 is 0. The Hall–Kier alpha value is -4.44. The number of aromatic nitrogens is 3. The zero-order chi connectivity index (χ0) is 24.6. The molecule has 1 aliphatic heterocycles. The molecule has 1 atom stereocenters. The van der Waals surface area contributed by atoms with Gasteiger partial charge in [0.25, 0.3) is 0 Å². The van der Waals surface area contributed by atoms with E-state index in [-0.39, 0.29) is 17.7 Å². The average Bonchev–Trinajstić information content (AvgIpc) is 3.45. The zero-order valence-electron chi connectivity index (χ0n) is 19.1. The molecule has 0 bridgehead atoms. The molecular weight excluding hydrogens is 444 g/mol. The van der Waals surface area contributed by atoms with Crippen molar-refractivity contribution < 1.29 is 14.9 Å². The molecule has 0 saturated carbocycles. The SMILES string of the molecule is C=CC(=O)N1CCC[C@H](C(=O)Nc2ccc([NH2+]/C=C(\N=N)c3cccc(-c4ccn[nH]4)n3)cc2)C1. The summed E-state index contributed by atoms with van der Waals surface area (Å²) in [6.07, 6.45) is 6.21. The molecule has 2 amide bonds. The number of carbonyl (C=O) groups excluding carboxylic acids is 2. The van der Waals surface area contributed by atoms with Gasteiger partial charge in [0.2, 0.25) is 11.8 Å². The summed E-state index contributed by atoms with van der Waals surface area (Å²) in [6.45, 7) is 4.58. The van der Waals surface area contributed by atoms with Gasteiger partial charge in [0.15, 0.2) is 5.70 Å². The molecule has 0 spiro atoms. The normalized spacial score (nSPS) is 15.9. The van der Waals surface area contributed by atoms with Crippen molar-refractivity contribution in [3.63, 3.8) is 0 Å². The fraction of sp³-hybridized carbons (Fsp3) is 0.200. The van der Waals surface area contributed by atoms with Crippen molar-refractivity contribution in [1.82, 2.24) is 20.1 Å². The molecule has 178 valence electrons. The predicted octanol–water partition coefficient (Wildman–Crippen LogP) is 3.06. The number of quaternary nitrogens is 1. The number of likely N-dealkylation sites (tertiary alicyclic amines) is 1. The van der Waals surface area contributed by atoms with E-state index < -0.39 is 0 Å². The van der Waals surface area contributed by atoms with Crippen LogP contribution in [0.4, 0.5) is 11.4 Å². The number of nitrogens with one attached hydrogen (secondary N) is 3. The fourth-order valence-electron chi connectivity index (χ4n) is 3.92. The van der Waals surface area contributed by atoms with E-state index in [2.05, 4.69) is 32.2 Å². The quantitative estimate of drug-likeness (QED) is 0.227. The number of pyridine rings is 1. The molecule has 1 aromatic carbocycles. The van der Waals surface area contributed by atoms with E-state index in [1.165, 1.54) is 6.08 Å². The minimum Gasteiger partial charge on any atom is -0.338 e. The molecule has 3 heterocycles. The van der Waals surface area contributed by atoms with E-state index in [0.29, 0.717) is 35.9 Å².